The van der Waals surface area contributed by atoms with Gasteiger partial charge >= 0.3 is 5.97 Å². The highest BCUT2D eigenvalue weighted by Crippen LogP contribution is 2.25. The quantitative estimate of drug-likeness (QED) is 0.700. The lowest BCUT2D eigenvalue weighted by Gasteiger charge is -2.32. The highest BCUT2D eigenvalue weighted by atomic mass is 16.5. The maximum atomic E-state index is 11.9. The van der Waals surface area contributed by atoms with Gasteiger partial charge in [0.15, 0.2) is 0 Å². The predicted molar refractivity (Wildman–Crippen MR) is 87.3 cm³/mol. The van der Waals surface area contributed by atoms with Crippen LogP contribution in [0.1, 0.15) is 52.9 Å². The second-order valence-electron chi connectivity index (χ2n) is 6.97. The minimum atomic E-state index is -0.00431. The van der Waals surface area contributed by atoms with Crippen LogP contribution in [0, 0.1) is 11.8 Å². The van der Waals surface area contributed by atoms with E-state index < -0.39 is 0 Å². The highest BCUT2D eigenvalue weighted by molar-refractivity contribution is 5.72. The van der Waals surface area contributed by atoms with Crippen LogP contribution in [0.3, 0.4) is 0 Å². The van der Waals surface area contributed by atoms with Gasteiger partial charge in [0.05, 0.1) is 12.5 Å². The first-order valence-electron chi connectivity index (χ1n) is 8.50. The van der Waals surface area contributed by atoms with Gasteiger partial charge in [0.2, 0.25) is 0 Å². The standard InChI is InChI=1S/C17H34N2O2/c1-6-21-17(20)14-8-7-9-15(11-14)18-12-16(19(4)5)10-13(2)3/h13-16,18H,6-12H2,1-5H3. The molecule has 0 amide bonds. The topological polar surface area (TPSA) is 41.6 Å². The Morgan fingerprint density at radius 2 is 2.05 bits per heavy atom. The molecule has 0 bridgehead atoms. The Labute approximate surface area is 130 Å². The van der Waals surface area contributed by atoms with Crippen molar-refractivity contribution in [2.45, 2.75) is 65.0 Å². The number of hydrogen-bond donors (Lipinski definition) is 1. The molecule has 1 aliphatic carbocycles. The molecule has 3 unspecified atom stereocenters. The van der Waals surface area contributed by atoms with Gasteiger partial charge < -0.3 is 15.0 Å². The molecule has 0 heterocycles. The Morgan fingerprint density at radius 3 is 2.62 bits per heavy atom. The third-order valence-electron chi connectivity index (χ3n) is 4.41. The summed E-state index contributed by atoms with van der Waals surface area (Å²) < 4.78 is 5.17. The van der Waals surface area contributed by atoms with Crippen LogP contribution in [0.4, 0.5) is 0 Å². The third kappa shape index (κ3) is 6.79. The summed E-state index contributed by atoms with van der Waals surface area (Å²) in [6.45, 7) is 7.92. The van der Waals surface area contributed by atoms with E-state index in [1.165, 1.54) is 12.8 Å². The van der Waals surface area contributed by atoms with Gasteiger partial charge in [0, 0.05) is 18.6 Å². The van der Waals surface area contributed by atoms with Crippen LogP contribution >= 0.6 is 0 Å². The number of rotatable bonds is 8. The van der Waals surface area contributed by atoms with Crippen LogP contribution in [-0.4, -0.2) is 50.2 Å². The first-order chi connectivity index (χ1) is 9.93. The number of hydrogen-bond acceptors (Lipinski definition) is 4. The van der Waals surface area contributed by atoms with Crippen LogP contribution < -0.4 is 5.32 Å². The SMILES string of the molecule is CCOC(=O)C1CCCC(NCC(CC(C)C)N(C)C)C1. The molecule has 0 saturated heterocycles. The van der Waals surface area contributed by atoms with Crippen molar-refractivity contribution >= 4 is 5.97 Å². The number of esters is 1. The summed E-state index contributed by atoms with van der Waals surface area (Å²) in [6, 6.07) is 1.02. The summed E-state index contributed by atoms with van der Waals surface area (Å²) in [5, 5.41) is 3.69. The van der Waals surface area contributed by atoms with Crippen molar-refractivity contribution in [2.24, 2.45) is 11.8 Å². The largest absolute Gasteiger partial charge is 0.466 e. The van der Waals surface area contributed by atoms with E-state index in [1.54, 1.807) is 0 Å². The Bertz CT molecular complexity index is 305. The summed E-state index contributed by atoms with van der Waals surface area (Å²) in [5.74, 6) is 0.798. The molecule has 124 valence electrons. The number of nitrogens with zero attached hydrogens (tertiary/aromatic N) is 1. The third-order valence-corrected chi connectivity index (χ3v) is 4.41. The van der Waals surface area contributed by atoms with E-state index in [0.717, 1.165) is 25.8 Å². The van der Waals surface area contributed by atoms with Crippen molar-refractivity contribution in [3.63, 3.8) is 0 Å². The van der Waals surface area contributed by atoms with E-state index in [1.807, 2.05) is 6.92 Å². The average molecular weight is 298 g/mol. The van der Waals surface area contributed by atoms with Gasteiger partial charge in [-0.3, -0.25) is 4.79 Å². The lowest BCUT2D eigenvalue weighted by molar-refractivity contribution is -0.149. The Hall–Kier alpha value is -0.610. The van der Waals surface area contributed by atoms with Gasteiger partial charge in [-0.2, -0.15) is 0 Å². The molecule has 1 rings (SSSR count). The molecule has 0 spiro atoms. The summed E-state index contributed by atoms with van der Waals surface area (Å²) >= 11 is 0. The first kappa shape index (κ1) is 18.4. The van der Waals surface area contributed by atoms with E-state index in [-0.39, 0.29) is 11.9 Å². The first-order valence-corrected chi connectivity index (χ1v) is 8.50. The van der Waals surface area contributed by atoms with Crippen LogP contribution in [0.5, 0.6) is 0 Å². The zero-order chi connectivity index (χ0) is 15.8. The van der Waals surface area contributed by atoms with E-state index >= 15 is 0 Å². The lowest BCUT2D eigenvalue weighted by Crippen LogP contribution is -2.44. The van der Waals surface area contributed by atoms with Crippen molar-refractivity contribution in [3.8, 4) is 0 Å². The van der Waals surface area contributed by atoms with Gasteiger partial charge in [-0.1, -0.05) is 20.3 Å². The minimum absolute atomic E-state index is 0.00431. The van der Waals surface area contributed by atoms with Crippen LogP contribution in [0.15, 0.2) is 0 Å². The maximum absolute atomic E-state index is 11.9. The highest BCUT2D eigenvalue weighted by Gasteiger charge is 2.28. The van der Waals surface area contributed by atoms with Gasteiger partial charge in [-0.05, 0) is 52.6 Å². The fourth-order valence-electron chi connectivity index (χ4n) is 3.17. The zero-order valence-electron chi connectivity index (χ0n) is 14.5. The van der Waals surface area contributed by atoms with E-state index in [4.69, 9.17) is 4.74 Å². The van der Waals surface area contributed by atoms with Crippen molar-refractivity contribution < 1.29 is 9.53 Å². The van der Waals surface area contributed by atoms with E-state index in [0.29, 0.717) is 24.6 Å². The Kier molecular flexibility index (Phi) is 8.27. The second kappa shape index (κ2) is 9.42. The fraction of sp³-hybridized carbons (Fsp3) is 0.941. The van der Waals surface area contributed by atoms with E-state index in [9.17, 15) is 4.79 Å². The van der Waals surface area contributed by atoms with Crippen molar-refractivity contribution in [1.29, 1.82) is 0 Å². The molecule has 4 nitrogen and oxygen atoms in total. The van der Waals surface area contributed by atoms with Gasteiger partial charge in [-0.25, -0.2) is 0 Å². The van der Waals surface area contributed by atoms with Crippen LogP contribution in [-0.2, 0) is 9.53 Å². The summed E-state index contributed by atoms with van der Waals surface area (Å²) in [4.78, 5) is 14.2. The zero-order valence-corrected chi connectivity index (χ0v) is 14.5. The molecule has 4 heteroatoms. The molecule has 3 atom stereocenters. The molecule has 1 aliphatic rings. The number of ether oxygens (including phenoxy) is 1. The van der Waals surface area contributed by atoms with Gasteiger partial charge in [0.1, 0.15) is 0 Å². The minimum Gasteiger partial charge on any atom is -0.466 e. The average Bonchev–Trinajstić information content (AvgIpc) is 2.43. The number of nitrogens with one attached hydrogen (secondary N) is 1. The normalized spacial score (nSPS) is 24.3. The molecular weight excluding hydrogens is 264 g/mol. The molecule has 21 heavy (non-hydrogen) atoms. The molecule has 0 aliphatic heterocycles. The van der Waals surface area contributed by atoms with Crippen molar-refractivity contribution in [2.75, 3.05) is 27.2 Å². The summed E-state index contributed by atoms with van der Waals surface area (Å²) in [6.07, 6.45) is 5.42. The Balaban J connectivity index is 2.41. The van der Waals surface area contributed by atoms with Crippen LogP contribution in [0.25, 0.3) is 0 Å². The molecule has 0 aromatic rings. The molecule has 0 radical (unpaired) electrons. The summed E-state index contributed by atoms with van der Waals surface area (Å²) in [7, 11) is 4.30. The number of carbonyl (C=O) groups excluding carboxylic acids is 1. The molecule has 1 fully saturated rings. The summed E-state index contributed by atoms with van der Waals surface area (Å²) in [5.41, 5.74) is 0. The monoisotopic (exact) mass is 298 g/mol. The molecule has 1 N–H and O–H groups in total. The Morgan fingerprint density at radius 1 is 1.33 bits per heavy atom. The lowest BCUT2D eigenvalue weighted by atomic mass is 9.85. The maximum Gasteiger partial charge on any atom is 0.308 e. The predicted octanol–water partition coefficient (Wildman–Crippen LogP) is 2.67. The van der Waals surface area contributed by atoms with Crippen molar-refractivity contribution in [1.82, 2.24) is 10.2 Å². The van der Waals surface area contributed by atoms with E-state index in [2.05, 4.69) is 38.2 Å². The number of carbonyl (C=O) groups is 1. The molecular formula is C17H34N2O2. The fourth-order valence-corrected chi connectivity index (χ4v) is 3.17. The molecule has 0 aromatic carbocycles. The molecule has 0 aromatic heterocycles. The molecule has 1 saturated carbocycles. The smallest absolute Gasteiger partial charge is 0.308 e. The van der Waals surface area contributed by atoms with Crippen LogP contribution in [0.2, 0.25) is 0 Å². The van der Waals surface area contributed by atoms with Gasteiger partial charge in [-0.15, -0.1) is 0 Å². The van der Waals surface area contributed by atoms with Gasteiger partial charge in [0.25, 0.3) is 0 Å². The second-order valence-corrected chi connectivity index (χ2v) is 6.97. The van der Waals surface area contributed by atoms with Crippen molar-refractivity contribution in [3.05, 3.63) is 0 Å². The number of likely N-dealkylation sites (N-methyl/N-ethyl adjacent to an activating group) is 1.